The third kappa shape index (κ3) is 5.29. The van der Waals surface area contributed by atoms with E-state index in [0.717, 1.165) is 6.07 Å². The number of carbonyl (C=O) groups excluding carboxylic acids is 1. The first-order valence-electron chi connectivity index (χ1n) is 10.5. The van der Waals surface area contributed by atoms with E-state index in [9.17, 15) is 19.2 Å². The van der Waals surface area contributed by atoms with Crippen molar-refractivity contribution >= 4 is 12.0 Å². The number of halogens is 1. The minimum atomic E-state index is -0.753. The maximum atomic E-state index is 14.2. The van der Waals surface area contributed by atoms with Crippen LogP contribution in [0, 0.1) is 28.5 Å². The Labute approximate surface area is 191 Å². The standard InChI is InChI=1S/C23H25FN6O3/c1-23(2,3)33-22(32)27-16-7-9-30(10-8-16)21-28-19(17(13-26)20(31)29(21)4)14-5-6-15(12-25)18(24)11-14/h5-6,11,16H,7-10H2,1-4H3,(H,27,32). The molecule has 1 N–H and O–H groups in total. The number of piperidine rings is 1. The van der Waals surface area contributed by atoms with Crippen molar-refractivity contribution in [1.29, 1.82) is 10.5 Å². The summed E-state index contributed by atoms with van der Waals surface area (Å²) < 4.78 is 20.8. The number of aromatic nitrogens is 2. The third-order valence-electron chi connectivity index (χ3n) is 5.24. The Balaban J connectivity index is 1.86. The minimum Gasteiger partial charge on any atom is -0.444 e. The van der Waals surface area contributed by atoms with E-state index in [1.165, 1.54) is 23.7 Å². The topological polar surface area (TPSA) is 124 Å². The number of anilines is 1. The second kappa shape index (κ2) is 9.29. The fraction of sp³-hybridized carbons (Fsp3) is 0.435. The molecule has 1 aromatic carbocycles. The Morgan fingerprint density at radius 1 is 1.24 bits per heavy atom. The van der Waals surface area contributed by atoms with Gasteiger partial charge in [0, 0.05) is 31.7 Å². The molecule has 0 aliphatic carbocycles. The largest absolute Gasteiger partial charge is 0.444 e. The first-order valence-corrected chi connectivity index (χ1v) is 10.5. The van der Waals surface area contributed by atoms with E-state index in [2.05, 4.69) is 10.3 Å². The molecule has 1 fully saturated rings. The number of benzene rings is 1. The van der Waals surface area contributed by atoms with Crippen LogP contribution in [0.1, 0.15) is 44.7 Å². The Hall–Kier alpha value is -3.92. The summed E-state index contributed by atoms with van der Waals surface area (Å²) in [6, 6.07) is 7.38. The second-order valence-corrected chi connectivity index (χ2v) is 8.83. The highest BCUT2D eigenvalue weighted by Gasteiger charge is 2.27. The van der Waals surface area contributed by atoms with Crippen molar-refractivity contribution in [2.45, 2.75) is 45.3 Å². The normalized spacial score (nSPS) is 14.3. The molecule has 33 heavy (non-hydrogen) atoms. The number of ether oxygens (including phenoxy) is 1. The number of hydrogen-bond acceptors (Lipinski definition) is 7. The predicted molar refractivity (Wildman–Crippen MR) is 119 cm³/mol. The number of alkyl carbamates (subject to hydrolysis) is 1. The maximum absolute atomic E-state index is 14.2. The van der Waals surface area contributed by atoms with Gasteiger partial charge >= 0.3 is 6.09 Å². The molecule has 2 aromatic rings. The zero-order valence-electron chi connectivity index (χ0n) is 19.0. The molecular weight excluding hydrogens is 427 g/mol. The lowest BCUT2D eigenvalue weighted by Crippen LogP contribution is -2.47. The van der Waals surface area contributed by atoms with E-state index in [0.29, 0.717) is 31.9 Å². The molecule has 1 saturated heterocycles. The highest BCUT2D eigenvalue weighted by molar-refractivity contribution is 5.69. The van der Waals surface area contributed by atoms with E-state index < -0.39 is 23.1 Å². The molecule has 3 rings (SSSR count). The van der Waals surface area contributed by atoms with Gasteiger partial charge in [0.2, 0.25) is 5.95 Å². The van der Waals surface area contributed by atoms with Crippen LogP contribution in [-0.4, -0.2) is 40.4 Å². The molecule has 0 atom stereocenters. The van der Waals surface area contributed by atoms with Crippen LogP contribution in [0.15, 0.2) is 23.0 Å². The van der Waals surface area contributed by atoms with Crippen LogP contribution < -0.4 is 15.8 Å². The first kappa shape index (κ1) is 23.7. The van der Waals surface area contributed by atoms with Crippen molar-refractivity contribution in [3.05, 3.63) is 45.5 Å². The van der Waals surface area contributed by atoms with Crippen LogP contribution in [0.2, 0.25) is 0 Å². The van der Waals surface area contributed by atoms with Crippen molar-refractivity contribution in [3.63, 3.8) is 0 Å². The fourth-order valence-corrected chi connectivity index (χ4v) is 3.63. The van der Waals surface area contributed by atoms with Gasteiger partial charge in [-0.3, -0.25) is 9.36 Å². The summed E-state index contributed by atoms with van der Waals surface area (Å²) in [6.45, 7) is 6.40. The van der Waals surface area contributed by atoms with Gasteiger partial charge in [-0.15, -0.1) is 0 Å². The Morgan fingerprint density at radius 3 is 2.45 bits per heavy atom. The van der Waals surface area contributed by atoms with E-state index in [1.54, 1.807) is 26.8 Å². The SMILES string of the molecule is Cn1c(N2CCC(NC(=O)OC(C)(C)C)CC2)nc(-c2ccc(C#N)c(F)c2)c(C#N)c1=O. The molecule has 1 aliphatic rings. The average Bonchev–Trinajstić information content (AvgIpc) is 2.74. The van der Waals surface area contributed by atoms with Crippen molar-refractivity contribution in [1.82, 2.24) is 14.9 Å². The molecule has 1 aromatic heterocycles. The molecule has 0 bridgehead atoms. The van der Waals surface area contributed by atoms with Gasteiger partial charge in [-0.2, -0.15) is 10.5 Å². The Morgan fingerprint density at radius 2 is 1.91 bits per heavy atom. The van der Waals surface area contributed by atoms with E-state index in [1.807, 2.05) is 11.0 Å². The summed E-state index contributed by atoms with van der Waals surface area (Å²) in [6.07, 6.45) is 0.737. The van der Waals surface area contributed by atoms with E-state index in [-0.39, 0.29) is 28.4 Å². The molecular formula is C23H25FN6O3. The molecule has 0 saturated carbocycles. The lowest BCUT2D eigenvalue weighted by molar-refractivity contribution is 0.0497. The van der Waals surface area contributed by atoms with Gasteiger partial charge in [0.15, 0.2) is 0 Å². The van der Waals surface area contributed by atoms with Gasteiger partial charge in [0.1, 0.15) is 29.1 Å². The zero-order chi connectivity index (χ0) is 24.3. The molecule has 2 heterocycles. The number of rotatable bonds is 3. The summed E-state index contributed by atoms with van der Waals surface area (Å²) in [5, 5.41) is 21.4. The van der Waals surface area contributed by atoms with Crippen LogP contribution in [0.5, 0.6) is 0 Å². The molecule has 0 spiro atoms. The first-order chi connectivity index (χ1) is 15.5. The predicted octanol–water partition coefficient (Wildman–Crippen LogP) is 2.82. The molecule has 172 valence electrons. The Kier molecular flexibility index (Phi) is 6.68. The lowest BCUT2D eigenvalue weighted by Gasteiger charge is -2.34. The summed E-state index contributed by atoms with van der Waals surface area (Å²) >= 11 is 0. The number of carbonyl (C=O) groups is 1. The van der Waals surface area contributed by atoms with Gasteiger partial charge in [0.05, 0.1) is 11.3 Å². The van der Waals surface area contributed by atoms with Gasteiger partial charge in [-0.25, -0.2) is 14.2 Å². The quantitative estimate of drug-likeness (QED) is 0.759. The van der Waals surface area contributed by atoms with Gasteiger partial charge in [0.25, 0.3) is 5.56 Å². The summed E-state index contributed by atoms with van der Waals surface area (Å²) in [7, 11) is 1.53. The maximum Gasteiger partial charge on any atom is 0.407 e. The molecule has 0 unspecified atom stereocenters. The summed E-state index contributed by atoms with van der Waals surface area (Å²) in [5.41, 5.74) is -1.17. The number of nitrogens with zero attached hydrogens (tertiary/aromatic N) is 5. The lowest BCUT2D eigenvalue weighted by atomic mass is 10.0. The van der Waals surface area contributed by atoms with Crippen LogP contribution >= 0.6 is 0 Å². The fourth-order valence-electron chi connectivity index (χ4n) is 3.63. The van der Waals surface area contributed by atoms with Crippen LogP contribution in [0.3, 0.4) is 0 Å². The van der Waals surface area contributed by atoms with E-state index >= 15 is 0 Å². The molecule has 1 aliphatic heterocycles. The van der Waals surface area contributed by atoms with Gasteiger partial charge in [-0.05, 0) is 45.7 Å². The molecule has 0 radical (unpaired) electrons. The minimum absolute atomic E-state index is 0.0630. The van der Waals surface area contributed by atoms with Crippen LogP contribution in [0.4, 0.5) is 15.1 Å². The number of nitrogens with one attached hydrogen (secondary N) is 1. The van der Waals surface area contributed by atoms with Crippen molar-refractivity contribution in [3.8, 4) is 23.4 Å². The summed E-state index contributed by atoms with van der Waals surface area (Å²) in [4.78, 5) is 31.3. The van der Waals surface area contributed by atoms with E-state index in [4.69, 9.17) is 10.00 Å². The monoisotopic (exact) mass is 452 g/mol. The van der Waals surface area contributed by atoms with Gasteiger partial charge < -0.3 is 15.0 Å². The highest BCUT2D eigenvalue weighted by atomic mass is 19.1. The second-order valence-electron chi connectivity index (χ2n) is 8.83. The summed E-state index contributed by atoms with van der Waals surface area (Å²) in [5.74, 6) is -0.411. The van der Waals surface area contributed by atoms with Crippen molar-refractivity contribution in [2.24, 2.45) is 7.05 Å². The number of nitriles is 2. The Bertz CT molecular complexity index is 1210. The number of hydrogen-bond donors (Lipinski definition) is 1. The third-order valence-corrected chi connectivity index (χ3v) is 5.24. The average molecular weight is 452 g/mol. The van der Waals surface area contributed by atoms with Gasteiger partial charge in [-0.1, -0.05) is 6.07 Å². The van der Waals surface area contributed by atoms with Crippen molar-refractivity contribution in [2.75, 3.05) is 18.0 Å². The molecule has 9 nitrogen and oxygen atoms in total. The van der Waals surface area contributed by atoms with Crippen LogP contribution in [0.25, 0.3) is 11.3 Å². The highest BCUT2D eigenvalue weighted by Crippen LogP contribution is 2.25. The van der Waals surface area contributed by atoms with Crippen molar-refractivity contribution < 1.29 is 13.9 Å². The van der Waals surface area contributed by atoms with Crippen LogP contribution in [-0.2, 0) is 11.8 Å². The zero-order valence-corrected chi connectivity index (χ0v) is 19.0. The molecule has 10 heteroatoms. The number of amides is 1. The smallest absolute Gasteiger partial charge is 0.407 e. The molecule has 1 amide bonds.